The minimum absolute atomic E-state index is 0.662. The third-order valence-electron chi connectivity index (χ3n) is 4.25. The number of fused-ring (bicyclic) bond motifs is 2. The summed E-state index contributed by atoms with van der Waals surface area (Å²) >= 11 is 0. The van der Waals surface area contributed by atoms with Crippen LogP contribution in [0.2, 0.25) is 0 Å². The van der Waals surface area contributed by atoms with Crippen LogP contribution in [0.15, 0.2) is 24.3 Å². The lowest BCUT2D eigenvalue weighted by atomic mass is 10.0. The van der Waals surface area contributed by atoms with Crippen molar-refractivity contribution in [1.82, 2.24) is 10.2 Å². The lowest BCUT2D eigenvalue weighted by Gasteiger charge is -2.23. The first-order valence-corrected chi connectivity index (χ1v) is 7.67. The summed E-state index contributed by atoms with van der Waals surface area (Å²) in [6, 6.07) is 8.53. The summed E-state index contributed by atoms with van der Waals surface area (Å²) < 4.78 is 11.4. The van der Waals surface area contributed by atoms with Crippen molar-refractivity contribution in [1.29, 1.82) is 0 Å². The Labute approximate surface area is 121 Å². The van der Waals surface area contributed by atoms with Crippen molar-refractivity contribution in [3.05, 3.63) is 24.3 Å². The Bertz CT molecular complexity index is 438. The zero-order chi connectivity index (χ0) is 13.8. The van der Waals surface area contributed by atoms with Crippen LogP contribution in [-0.4, -0.2) is 50.3 Å². The fourth-order valence-corrected chi connectivity index (χ4v) is 3.26. The molecule has 0 amide bonds. The fraction of sp³-hybridized carbons (Fsp3) is 0.625. The molecule has 2 heterocycles. The van der Waals surface area contributed by atoms with Crippen LogP contribution in [0.25, 0.3) is 0 Å². The largest absolute Gasteiger partial charge is 0.490 e. The van der Waals surface area contributed by atoms with Gasteiger partial charge in [-0.05, 0) is 37.9 Å². The molecule has 2 fully saturated rings. The van der Waals surface area contributed by atoms with Gasteiger partial charge in [0.25, 0.3) is 0 Å². The van der Waals surface area contributed by atoms with Crippen molar-refractivity contribution in [3.63, 3.8) is 0 Å². The van der Waals surface area contributed by atoms with Gasteiger partial charge in [0.2, 0.25) is 0 Å². The van der Waals surface area contributed by atoms with E-state index in [0.29, 0.717) is 19.3 Å². The van der Waals surface area contributed by atoms with Crippen molar-refractivity contribution in [2.75, 3.05) is 39.4 Å². The fourth-order valence-electron chi connectivity index (χ4n) is 3.26. The molecule has 110 valence electrons. The van der Waals surface area contributed by atoms with E-state index in [-0.39, 0.29) is 0 Å². The highest BCUT2D eigenvalue weighted by Gasteiger charge is 2.37. The van der Waals surface area contributed by atoms with Crippen LogP contribution in [-0.2, 0) is 0 Å². The summed E-state index contributed by atoms with van der Waals surface area (Å²) in [6.07, 6.45) is 1.35. The van der Waals surface area contributed by atoms with Gasteiger partial charge in [-0.3, -0.25) is 0 Å². The Morgan fingerprint density at radius 3 is 2.65 bits per heavy atom. The predicted molar refractivity (Wildman–Crippen MR) is 79.4 cm³/mol. The summed E-state index contributed by atoms with van der Waals surface area (Å²) in [5, 5.41) is 3.63. The molecule has 1 aromatic carbocycles. The summed E-state index contributed by atoms with van der Waals surface area (Å²) in [7, 11) is 0. The van der Waals surface area contributed by atoms with Crippen molar-refractivity contribution < 1.29 is 9.47 Å². The quantitative estimate of drug-likeness (QED) is 0.769. The van der Waals surface area contributed by atoms with Gasteiger partial charge in [-0.2, -0.15) is 0 Å². The SMILES string of the molecule is CCOc1ccccc1OCCNC1CN2CCC1C2. The van der Waals surface area contributed by atoms with Gasteiger partial charge in [-0.15, -0.1) is 0 Å². The van der Waals surface area contributed by atoms with Crippen LogP contribution in [0.4, 0.5) is 0 Å². The number of rotatable bonds is 7. The smallest absolute Gasteiger partial charge is 0.161 e. The van der Waals surface area contributed by atoms with Crippen LogP contribution in [0.1, 0.15) is 13.3 Å². The number of nitrogens with one attached hydrogen (secondary N) is 1. The van der Waals surface area contributed by atoms with E-state index in [1.54, 1.807) is 0 Å². The molecule has 0 aliphatic carbocycles. The van der Waals surface area contributed by atoms with Crippen LogP contribution in [0.5, 0.6) is 11.5 Å². The van der Waals surface area contributed by atoms with Crippen LogP contribution in [0.3, 0.4) is 0 Å². The topological polar surface area (TPSA) is 33.7 Å². The summed E-state index contributed by atoms with van der Waals surface area (Å²) in [6.45, 7) is 8.02. The van der Waals surface area contributed by atoms with E-state index in [9.17, 15) is 0 Å². The molecular weight excluding hydrogens is 252 g/mol. The molecule has 20 heavy (non-hydrogen) atoms. The van der Waals surface area contributed by atoms with E-state index >= 15 is 0 Å². The lowest BCUT2D eigenvalue weighted by Crippen LogP contribution is -2.41. The van der Waals surface area contributed by atoms with Gasteiger partial charge in [0.15, 0.2) is 11.5 Å². The third kappa shape index (κ3) is 3.07. The average molecular weight is 276 g/mol. The maximum Gasteiger partial charge on any atom is 0.161 e. The van der Waals surface area contributed by atoms with Crippen molar-refractivity contribution in [2.45, 2.75) is 19.4 Å². The van der Waals surface area contributed by atoms with E-state index in [1.807, 2.05) is 31.2 Å². The molecule has 3 unspecified atom stereocenters. The highest BCUT2D eigenvalue weighted by molar-refractivity contribution is 5.39. The summed E-state index contributed by atoms with van der Waals surface area (Å²) in [4.78, 5) is 2.55. The van der Waals surface area contributed by atoms with Crippen molar-refractivity contribution in [3.8, 4) is 11.5 Å². The average Bonchev–Trinajstić information content (AvgIpc) is 3.08. The molecule has 4 nitrogen and oxygen atoms in total. The second-order valence-electron chi connectivity index (χ2n) is 5.60. The highest BCUT2D eigenvalue weighted by Crippen LogP contribution is 2.28. The molecule has 2 bridgehead atoms. The summed E-state index contributed by atoms with van der Waals surface area (Å²) in [5.41, 5.74) is 0. The highest BCUT2D eigenvalue weighted by atomic mass is 16.5. The zero-order valence-electron chi connectivity index (χ0n) is 12.2. The number of hydrogen-bond acceptors (Lipinski definition) is 4. The molecule has 1 N–H and O–H groups in total. The molecule has 0 radical (unpaired) electrons. The summed E-state index contributed by atoms with van der Waals surface area (Å²) in [5.74, 6) is 2.53. The number of ether oxygens (including phenoxy) is 2. The number of para-hydroxylation sites is 2. The van der Waals surface area contributed by atoms with Gasteiger partial charge in [0.1, 0.15) is 6.61 Å². The first-order chi connectivity index (χ1) is 9.86. The van der Waals surface area contributed by atoms with Gasteiger partial charge in [-0.25, -0.2) is 0 Å². The van der Waals surface area contributed by atoms with Gasteiger partial charge in [0, 0.05) is 25.7 Å². The Hall–Kier alpha value is -1.26. The van der Waals surface area contributed by atoms with Crippen molar-refractivity contribution in [2.24, 2.45) is 5.92 Å². The van der Waals surface area contributed by atoms with Gasteiger partial charge in [-0.1, -0.05) is 12.1 Å². The van der Waals surface area contributed by atoms with Crippen LogP contribution >= 0.6 is 0 Å². The number of piperidine rings is 1. The van der Waals surface area contributed by atoms with E-state index in [2.05, 4.69) is 10.2 Å². The van der Waals surface area contributed by atoms with E-state index in [0.717, 1.165) is 24.0 Å². The first kappa shape index (κ1) is 13.7. The number of nitrogens with zero attached hydrogens (tertiary/aromatic N) is 1. The van der Waals surface area contributed by atoms with E-state index in [4.69, 9.17) is 9.47 Å². The van der Waals surface area contributed by atoms with E-state index < -0.39 is 0 Å². The molecule has 0 saturated carbocycles. The number of hydrogen-bond donors (Lipinski definition) is 1. The molecule has 4 heteroatoms. The molecule has 2 aliphatic rings. The zero-order valence-corrected chi connectivity index (χ0v) is 12.2. The Balaban J connectivity index is 1.41. The molecule has 1 aromatic rings. The Morgan fingerprint density at radius 1 is 1.20 bits per heavy atom. The number of benzene rings is 1. The lowest BCUT2D eigenvalue weighted by molar-refractivity contribution is 0.259. The molecule has 2 saturated heterocycles. The monoisotopic (exact) mass is 276 g/mol. The van der Waals surface area contributed by atoms with E-state index in [1.165, 1.54) is 26.1 Å². The normalized spacial score (nSPS) is 27.8. The second kappa shape index (κ2) is 6.46. The Kier molecular flexibility index (Phi) is 4.43. The maximum atomic E-state index is 5.83. The van der Waals surface area contributed by atoms with Crippen LogP contribution in [0, 0.1) is 5.92 Å². The van der Waals surface area contributed by atoms with Gasteiger partial charge < -0.3 is 19.7 Å². The molecule has 3 rings (SSSR count). The van der Waals surface area contributed by atoms with Gasteiger partial charge >= 0.3 is 0 Å². The molecule has 0 aromatic heterocycles. The standard InChI is InChI=1S/C16H24N2O2/c1-2-19-15-5-3-4-6-16(15)20-10-8-17-14-12-18-9-7-13(14)11-18/h3-6,13-14,17H,2,7-12H2,1H3. The van der Waals surface area contributed by atoms with Gasteiger partial charge in [0.05, 0.1) is 6.61 Å². The molecular formula is C16H24N2O2. The predicted octanol–water partition coefficient (Wildman–Crippen LogP) is 1.76. The van der Waals surface area contributed by atoms with Crippen LogP contribution < -0.4 is 14.8 Å². The molecule has 2 aliphatic heterocycles. The third-order valence-corrected chi connectivity index (χ3v) is 4.25. The second-order valence-corrected chi connectivity index (χ2v) is 5.60. The minimum atomic E-state index is 0.662. The molecule has 3 atom stereocenters. The van der Waals surface area contributed by atoms with Crippen molar-refractivity contribution >= 4 is 0 Å². The Morgan fingerprint density at radius 2 is 2.00 bits per heavy atom. The minimum Gasteiger partial charge on any atom is -0.490 e. The molecule has 0 spiro atoms. The maximum absolute atomic E-state index is 5.83. The first-order valence-electron chi connectivity index (χ1n) is 7.67.